The first-order chi connectivity index (χ1) is 7.97. The number of hydrogen-bond donors (Lipinski definition) is 1. The van der Waals surface area contributed by atoms with Crippen LogP contribution in [0, 0.1) is 0 Å². The van der Waals surface area contributed by atoms with Gasteiger partial charge in [0.25, 0.3) is 5.56 Å². The minimum Gasteiger partial charge on any atom is -0.345 e. The van der Waals surface area contributed by atoms with Crippen LogP contribution in [0.4, 0.5) is 0 Å². The van der Waals surface area contributed by atoms with E-state index in [9.17, 15) is 9.59 Å². The number of amides is 1. The molecule has 1 aliphatic rings. The molecule has 1 N–H and O–H groups in total. The summed E-state index contributed by atoms with van der Waals surface area (Å²) in [6, 6.07) is 1.50. The van der Waals surface area contributed by atoms with Crippen molar-refractivity contribution in [2.24, 2.45) is 0 Å². The van der Waals surface area contributed by atoms with Gasteiger partial charge in [-0.25, -0.2) is 4.98 Å². The smallest absolute Gasteiger partial charge is 0.251 e. The number of aromatic amines is 1. The third-order valence-corrected chi connectivity index (χ3v) is 3.09. The van der Waals surface area contributed by atoms with Crippen molar-refractivity contribution in [3.63, 3.8) is 0 Å². The summed E-state index contributed by atoms with van der Waals surface area (Å²) in [6.07, 6.45) is 0.449. The van der Waals surface area contributed by atoms with Crippen LogP contribution in [-0.2, 0) is 4.79 Å². The van der Waals surface area contributed by atoms with Gasteiger partial charge in [-0.05, 0) is 0 Å². The molecule has 0 aromatic carbocycles. The Bertz CT molecular complexity index is 493. The summed E-state index contributed by atoms with van der Waals surface area (Å²) < 4.78 is 0. The van der Waals surface area contributed by atoms with E-state index in [-0.39, 0.29) is 23.3 Å². The second-order valence-corrected chi connectivity index (χ2v) is 4.89. The molecule has 2 heterocycles. The Morgan fingerprint density at radius 3 is 2.71 bits per heavy atom. The predicted molar refractivity (Wildman–Crippen MR) is 63.9 cm³/mol. The van der Waals surface area contributed by atoms with Gasteiger partial charge in [0.2, 0.25) is 5.91 Å². The van der Waals surface area contributed by atoms with Crippen LogP contribution in [0.5, 0.6) is 0 Å². The average Bonchev–Trinajstić information content (AvgIpc) is 2.58. The Hall–Kier alpha value is -1.65. The summed E-state index contributed by atoms with van der Waals surface area (Å²) in [5, 5.41) is 0. The molecule has 5 heteroatoms. The van der Waals surface area contributed by atoms with E-state index in [1.807, 2.05) is 13.8 Å². The van der Waals surface area contributed by atoms with Crippen LogP contribution in [0.25, 0.3) is 0 Å². The summed E-state index contributed by atoms with van der Waals surface area (Å²) in [5.41, 5.74) is 0.593. The molecule has 0 bridgehead atoms. The normalized spacial score (nSPS) is 20.4. The topological polar surface area (TPSA) is 66.1 Å². The lowest BCUT2D eigenvalue weighted by atomic mass is 10.0. The fourth-order valence-corrected chi connectivity index (χ4v) is 2.04. The van der Waals surface area contributed by atoms with E-state index in [2.05, 4.69) is 9.97 Å². The molecule has 1 amide bonds. The number of carbonyl (C=O) groups excluding carboxylic acids is 1. The third kappa shape index (κ3) is 2.38. The molecule has 92 valence electrons. The van der Waals surface area contributed by atoms with E-state index >= 15 is 0 Å². The number of hydrogen-bond acceptors (Lipinski definition) is 3. The molecule has 1 fully saturated rings. The summed E-state index contributed by atoms with van der Waals surface area (Å²) in [7, 11) is 1.78. The lowest BCUT2D eigenvalue weighted by molar-refractivity contribution is -0.126. The molecule has 1 aromatic heterocycles. The third-order valence-electron chi connectivity index (χ3n) is 3.09. The van der Waals surface area contributed by atoms with Gasteiger partial charge in [0.05, 0.1) is 5.69 Å². The molecule has 0 aliphatic carbocycles. The maximum atomic E-state index is 11.5. The zero-order chi connectivity index (χ0) is 12.6. The van der Waals surface area contributed by atoms with Gasteiger partial charge in [0.15, 0.2) is 0 Å². The van der Waals surface area contributed by atoms with Gasteiger partial charge in [-0.3, -0.25) is 9.59 Å². The molecular formula is C12H17N3O2. The number of likely N-dealkylation sites (tertiary alicyclic amines) is 1. The molecule has 0 spiro atoms. The van der Waals surface area contributed by atoms with Gasteiger partial charge in [0.1, 0.15) is 5.82 Å². The maximum absolute atomic E-state index is 11.5. The summed E-state index contributed by atoms with van der Waals surface area (Å²) >= 11 is 0. The van der Waals surface area contributed by atoms with Crippen molar-refractivity contribution in [2.75, 3.05) is 13.6 Å². The number of nitrogens with zero attached hydrogens (tertiary/aromatic N) is 2. The van der Waals surface area contributed by atoms with E-state index in [1.54, 1.807) is 11.9 Å². The molecule has 1 aromatic rings. The Morgan fingerprint density at radius 2 is 2.18 bits per heavy atom. The average molecular weight is 235 g/mol. The Labute approximate surface area is 99.9 Å². The molecule has 1 saturated heterocycles. The van der Waals surface area contributed by atoms with Crippen LogP contribution in [-0.4, -0.2) is 34.4 Å². The fourth-order valence-electron chi connectivity index (χ4n) is 2.04. The van der Waals surface area contributed by atoms with Crippen molar-refractivity contribution in [3.05, 3.63) is 27.9 Å². The summed E-state index contributed by atoms with van der Waals surface area (Å²) in [6.45, 7) is 4.61. The van der Waals surface area contributed by atoms with Gasteiger partial charge >= 0.3 is 0 Å². The SMILES string of the molecule is CC(C)c1nc(C2CC(=O)N(C)C2)cc(=O)[nH]1. The Kier molecular flexibility index (Phi) is 3.00. The van der Waals surface area contributed by atoms with Crippen LogP contribution >= 0.6 is 0 Å². The highest BCUT2D eigenvalue weighted by molar-refractivity contribution is 5.79. The number of aromatic nitrogens is 2. The van der Waals surface area contributed by atoms with Crippen molar-refractivity contribution in [3.8, 4) is 0 Å². The lowest BCUT2D eigenvalue weighted by Crippen LogP contribution is -2.20. The number of carbonyl (C=O) groups is 1. The van der Waals surface area contributed by atoms with Crippen molar-refractivity contribution in [1.82, 2.24) is 14.9 Å². The fraction of sp³-hybridized carbons (Fsp3) is 0.583. The maximum Gasteiger partial charge on any atom is 0.251 e. The van der Waals surface area contributed by atoms with Crippen LogP contribution in [0.2, 0.25) is 0 Å². The highest BCUT2D eigenvalue weighted by atomic mass is 16.2. The minimum atomic E-state index is -0.138. The van der Waals surface area contributed by atoms with Gasteiger partial charge in [0, 0.05) is 37.9 Å². The summed E-state index contributed by atoms with van der Waals surface area (Å²) in [5.74, 6) is 1.03. The van der Waals surface area contributed by atoms with E-state index in [0.717, 1.165) is 5.69 Å². The molecule has 1 aliphatic heterocycles. The molecule has 0 radical (unpaired) electrons. The van der Waals surface area contributed by atoms with Crippen LogP contribution in [0.3, 0.4) is 0 Å². The van der Waals surface area contributed by atoms with Crippen molar-refractivity contribution < 1.29 is 4.79 Å². The van der Waals surface area contributed by atoms with Gasteiger partial charge < -0.3 is 9.88 Å². The molecule has 1 atom stereocenters. The minimum absolute atomic E-state index is 0.0484. The summed E-state index contributed by atoms with van der Waals surface area (Å²) in [4.78, 5) is 31.9. The lowest BCUT2D eigenvalue weighted by Gasteiger charge is -2.11. The van der Waals surface area contributed by atoms with Gasteiger partial charge in [-0.1, -0.05) is 13.8 Å². The number of nitrogens with one attached hydrogen (secondary N) is 1. The molecule has 0 saturated carbocycles. The van der Waals surface area contributed by atoms with E-state index in [0.29, 0.717) is 18.8 Å². The quantitative estimate of drug-likeness (QED) is 0.826. The molecule has 17 heavy (non-hydrogen) atoms. The highest BCUT2D eigenvalue weighted by Gasteiger charge is 2.29. The Morgan fingerprint density at radius 1 is 1.47 bits per heavy atom. The number of likely N-dealkylation sites (N-methyl/N-ethyl adjacent to an activating group) is 1. The van der Waals surface area contributed by atoms with E-state index in [4.69, 9.17) is 0 Å². The zero-order valence-electron chi connectivity index (χ0n) is 10.4. The second-order valence-electron chi connectivity index (χ2n) is 4.89. The molecule has 2 rings (SSSR count). The molecule has 1 unspecified atom stereocenters. The monoisotopic (exact) mass is 235 g/mol. The van der Waals surface area contributed by atoms with Crippen LogP contribution < -0.4 is 5.56 Å². The first kappa shape index (κ1) is 11.8. The van der Waals surface area contributed by atoms with Gasteiger partial charge in [-0.2, -0.15) is 0 Å². The zero-order valence-corrected chi connectivity index (χ0v) is 10.4. The van der Waals surface area contributed by atoms with Crippen LogP contribution in [0.15, 0.2) is 10.9 Å². The number of H-pyrrole nitrogens is 1. The number of rotatable bonds is 2. The second kappa shape index (κ2) is 4.31. The van der Waals surface area contributed by atoms with E-state index in [1.165, 1.54) is 6.07 Å². The van der Waals surface area contributed by atoms with Crippen LogP contribution in [0.1, 0.15) is 43.6 Å². The van der Waals surface area contributed by atoms with Crippen molar-refractivity contribution >= 4 is 5.91 Å². The highest BCUT2D eigenvalue weighted by Crippen LogP contribution is 2.25. The first-order valence-corrected chi connectivity index (χ1v) is 5.82. The van der Waals surface area contributed by atoms with Crippen molar-refractivity contribution in [1.29, 1.82) is 0 Å². The predicted octanol–water partition coefficient (Wildman–Crippen LogP) is 0.839. The standard InChI is InChI=1S/C12H17N3O2/c1-7(2)12-13-9(5-10(16)14-12)8-4-11(17)15(3)6-8/h5,7-8H,4,6H2,1-3H3,(H,13,14,16). The van der Waals surface area contributed by atoms with E-state index < -0.39 is 0 Å². The van der Waals surface area contributed by atoms with Gasteiger partial charge in [-0.15, -0.1) is 0 Å². The molecule has 5 nitrogen and oxygen atoms in total. The van der Waals surface area contributed by atoms with Crippen molar-refractivity contribution in [2.45, 2.75) is 32.1 Å². The largest absolute Gasteiger partial charge is 0.345 e. The molecular weight excluding hydrogens is 218 g/mol. The first-order valence-electron chi connectivity index (χ1n) is 5.82. The Balaban J connectivity index is 2.33.